The molecule has 0 aliphatic heterocycles. The molecule has 4 nitrogen and oxygen atoms in total. The second-order valence-electron chi connectivity index (χ2n) is 4.91. The van der Waals surface area contributed by atoms with Crippen molar-refractivity contribution in [2.75, 3.05) is 0 Å². The van der Waals surface area contributed by atoms with Gasteiger partial charge in [-0.1, -0.05) is 12.1 Å². The van der Waals surface area contributed by atoms with Crippen LogP contribution in [0.4, 0.5) is 4.39 Å². The maximum absolute atomic E-state index is 13.0. The number of halogens is 1. The van der Waals surface area contributed by atoms with Crippen LogP contribution in [0.3, 0.4) is 0 Å². The van der Waals surface area contributed by atoms with Gasteiger partial charge in [0.2, 0.25) is 5.58 Å². The maximum Gasteiger partial charge on any atom is 0.267 e. The second kappa shape index (κ2) is 4.80. The molecule has 0 saturated carbocycles. The van der Waals surface area contributed by atoms with Gasteiger partial charge in [-0.25, -0.2) is 9.37 Å². The Bertz CT molecular complexity index is 977. The molecular weight excluding hydrogens is 283 g/mol. The summed E-state index contributed by atoms with van der Waals surface area (Å²) in [5.74, 6) is 1.07. The smallest absolute Gasteiger partial charge is 0.267 e. The third kappa shape index (κ3) is 2.07. The molecule has 0 radical (unpaired) electrons. The molecule has 2 aromatic heterocycles. The number of aryl methyl sites for hydroxylation is 1. The van der Waals surface area contributed by atoms with Gasteiger partial charge in [0.1, 0.15) is 28.5 Å². The number of hydrogen-bond acceptors (Lipinski definition) is 4. The summed E-state index contributed by atoms with van der Waals surface area (Å²) in [6, 6.07) is 13.4. The topological polar surface area (TPSA) is 48.2 Å². The van der Waals surface area contributed by atoms with Crippen molar-refractivity contribution in [1.29, 1.82) is 0 Å². The largest absolute Gasteiger partial charge is 0.449 e. The molecule has 0 spiro atoms. The Labute approximate surface area is 125 Å². The molecule has 0 aliphatic rings. The Balaban J connectivity index is 1.91. The summed E-state index contributed by atoms with van der Waals surface area (Å²) in [7, 11) is 0. The van der Waals surface area contributed by atoms with Crippen LogP contribution in [-0.2, 0) is 0 Å². The number of hydrogen-bond donors (Lipinski definition) is 0. The summed E-state index contributed by atoms with van der Waals surface area (Å²) in [5.41, 5.74) is 1.91. The summed E-state index contributed by atoms with van der Waals surface area (Å²) in [6.45, 7) is 1.79. The first-order valence-electron chi connectivity index (χ1n) is 6.80. The number of rotatable bonds is 2. The van der Waals surface area contributed by atoms with E-state index in [1.54, 1.807) is 19.1 Å². The van der Waals surface area contributed by atoms with E-state index in [4.69, 9.17) is 9.15 Å². The van der Waals surface area contributed by atoms with Crippen LogP contribution in [0.5, 0.6) is 11.6 Å². The van der Waals surface area contributed by atoms with Crippen molar-refractivity contribution in [2.45, 2.75) is 6.92 Å². The van der Waals surface area contributed by atoms with Crippen LogP contribution in [0, 0.1) is 12.7 Å². The van der Waals surface area contributed by atoms with Crippen LogP contribution in [0.15, 0.2) is 52.9 Å². The average Bonchev–Trinajstić information content (AvgIpc) is 2.89. The van der Waals surface area contributed by atoms with Crippen molar-refractivity contribution in [3.05, 3.63) is 60.2 Å². The minimum Gasteiger partial charge on any atom is -0.449 e. The zero-order valence-corrected chi connectivity index (χ0v) is 11.7. The highest BCUT2D eigenvalue weighted by Gasteiger charge is 2.16. The molecule has 0 saturated heterocycles. The quantitative estimate of drug-likeness (QED) is 0.541. The standard InChI is InChI=1S/C17H11FN2O2/c1-10-19-15-13-4-2-3-5-14(13)22-16(15)17(20-10)21-12-8-6-11(18)7-9-12/h2-9H,1H3. The van der Waals surface area contributed by atoms with E-state index in [0.717, 1.165) is 11.0 Å². The SMILES string of the molecule is Cc1nc(Oc2ccc(F)cc2)c2oc3ccccc3c2n1. The molecule has 4 rings (SSSR count). The van der Waals surface area contributed by atoms with Gasteiger partial charge in [-0.2, -0.15) is 4.98 Å². The third-order valence-corrected chi connectivity index (χ3v) is 3.33. The lowest BCUT2D eigenvalue weighted by Crippen LogP contribution is -1.93. The van der Waals surface area contributed by atoms with Gasteiger partial charge >= 0.3 is 0 Å². The van der Waals surface area contributed by atoms with E-state index in [-0.39, 0.29) is 5.82 Å². The lowest BCUT2D eigenvalue weighted by Gasteiger charge is -2.05. The van der Waals surface area contributed by atoms with Gasteiger partial charge in [0.15, 0.2) is 0 Å². The average molecular weight is 294 g/mol. The molecule has 5 heteroatoms. The van der Waals surface area contributed by atoms with Crippen LogP contribution in [0.2, 0.25) is 0 Å². The maximum atomic E-state index is 13.0. The molecule has 2 aromatic carbocycles. The molecule has 0 aliphatic carbocycles. The molecule has 0 atom stereocenters. The second-order valence-corrected chi connectivity index (χ2v) is 4.91. The highest BCUT2D eigenvalue weighted by atomic mass is 19.1. The molecule has 0 amide bonds. The number of furan rings is 1. The van der Waals surface area contributed by atoms with Crippen LogP contribution in [0.25, 0.3) is 22.1 Å². The Morgan fingerprint density at radius 2 is 1.77 bits per heavy atom. The van der Waals surface area contributed by atoms with Gasteiger partial charge in [-0.3, -0.25) is 0 Å². The van der Waals surface area contributed by atoms with Crippen molar-refractivity contribution in [3.8, 4) is 11.6 Å². The van der Waals surface area contributed by atoms with Gasteiger partial charge < -0.3 is 9.15 Å². The molecule has 0 N–H and O–H groups in total. The lowest BCUT2D eigenvalue weighted by atomic mass is 10.2. The van der Waals surface area contributed by atoms with E-state index in [1.807, 2.05) is 24.3 Å². The molecule has 0 unspecified atom stereocenters. The molecule has 0 fully saturated rings. The fourth-order valence-corrected chi connectivity index (χ4v) is 2.36. The Hall–Kier alpha value is -2.95. The summed E-state index contributed by atoms with van der Waals surface area (Å²) >= 11 is 0. The van der Waals surface area contributed by atoms with E-state index in [9.17, 15) is 4.39 Å². The molecule has 0 bridgehead atoms. The van der Waals surface area contributed by atoms with Crippen molar-refractivity contribution < 1.29 is 13.5 Å². The zero-order valence-electron chi connectivity index (χ0n) is 11.7. The van der Waals surface area contributed by atoms with E-state index >= 15 is 0 Å². The molecule has 4 aromatic rings. The number of benzene rings is 2. The monoisotopic (exact) mass is 294 g/mol. The Kier molecular flexibility index (Phi) is 2.79. The number of para-hydroxylation sites is 1. The van der Waals surface area contributed by atoms with Crippen LogP contribution >= 0.6 is 0 Å². The van der Waals surface area contributed by atoms with Crippen molar-refractivity contribution >= 4 is 22.1 Å². The third-order valence-electron chi connectivity index (χ3n) is 3.33. The van der Waals surface area contributed by atoms with E-state index in [2.05, 4.69) is 9.97 Å². The first kappa shape index (κ1) is 12.8. The fraction of sp³-hybridized carbons (Fsp3) is 0.0588. The summed E-state index contributed by atoms with van der Waals surface area (Å²) in [5, 5.41) is 0.909. The molecular formula is C17H11FN2O2. The van der Waals surface area contributed by atoms with Gasteiger partial charge in [0.05, 0.1) is 0 Å². The fourth-order valence-electron chi connectivity index (χ4n) is 2.36. The highest BCUT2D eigenvalue weighted by molar-refractivity contribution is 6.03. The summed E-state index contributed by atoms with van der Waals surface area (Å²) < 4.78 is 24.5. The first-order chi connectivity index (χ1) is 10.7. The highest BCUT2D eigenvalue weighted by Crippen LogP contribution is 2.34. The summed E-state index contributed by atoms with van der Waals surface area (Å²) in [6.07, 6.45) is 0. The predicted molar refractivity (Wildman–Crippen MR) is 80.5 cm³/mol. The van der Waals surface area contributed by atoms with E-state index in [1.165, 1.54) is 12.1 Å². The number of nitrogens with zero attached hydrogens (tertiary/aromatic N) is 2. The van der Waals surface area contributed by atoms with Gasteiger partial charge in [0, 0.05) is 5.39 Å². The van der Waals surface area contributed by atoms with E-state index < -0.39 is 0 Å². The minimum atomic E-state index is -0.319. The van der Waals surface area contributed by atoms with Gasteiger partial charge in [-0.15, -0.1) is 0 Å². The number of fused-ring (bicyclic) bond motifs is 3. The molecule has 22 heavy (non-hydrogen) atoms. The molecule has 108 valence electrons. The van der Waals surface area contributed by atoms with Crippen LogP contribution in [0.1, 0.15) is 5.82 Å². The Morgan fingerprint density at radius 1 is 1.00 bits per heavy atom. The summed E-state index contributed by atoms with van der Waals surface area (Å²) in [4.78, 5) is 8.73. The van der Waals surface area contributed by atoms with Crippen molar-refractivity contribution in [3.63, 3.8) is 0 Å². The van der Waals surface area contributed by atoms with Crippen molar-refractivity contribution in [2.24, 2.45) is 0 Å². The number of ether oxygens (including phenoxy) is 1. The lowest BCUT2D eigenvalue weighted by molar-refractivity contribution is 0.453. The first-order valence-corrected chi connectivity index (χ1v) is 6.80. The van der Waals surface area contributed by atoms with Crippen LogP contribution < -0.4 is 4.74 Å². The zero-order chi connectivity index (χ0) is 15.1. The predicted octanol–water partition coefficient (Wildman–Crippen LogP) is 4.62. The Morgan fingerprint density at radius 3 is 2.59 bits per heavy atom. The van der Waals surface area contributed by atoms with Gasteiger partial charge in [0.25, 0.3) is 5.88 Å². The minimum absolute atomic E-state index is 0.319. The molecule has 2 heterocycles. The van der Waals surface area contributed by atoms with E-state index in [0.29, 0.717) is 28.6 Å². The number of aromatic nitrogens is 2. The van der Waals surface area contributed by atoms with Crippen LogP contribution in [-0.4, -0.2) is 9.97 Å². The van der Waals surface area contributed by atoms with Gasteiger partial charge in [-0.05, 0) is 43.3 Å². The van der Waals surface area contributed by atoms with Crippen molar-refractivity contribution in [1.82, 2.24) is 9.97 Å². The normalized spacial score (nSPS) is 11.2.